The van der Waals surface area contributed by atoms with Gasteiger partial charge in [-0.2, -0.15) is 0 Å². The van der Waals surface area contributed by atoms with Crippen molar-refractivity contribution in [3.63, 3.8) is 0 Å². The van der Waals surface area contributed by atoms with Crippen LogP contribution in [0, 0.1) is 41.4 Å². The largest absolute Gasteiger partial charge is 0.388 e. The van der Waals surface area contributed by atoms with E-state index in [-0.39, 0.29) is 90.4 Å². The van der Waals surface area contributed by atoms with Crippen LogP contribution in [-0.4, -0.2) is 89.3 Å². The monoisotopic (exact) mass is 710 g/mol. The number of aliphatic hydroxyl groups excluding tert-OH is 1. The first kappa shape index (κ1) is 41.1. The minimum absolute atomic E-state index is 0.0103. The molecule has 0 spiro atoms. The lowest BCUT2D eigenvalue weighted by Crippen LogP contribution is -2.53. The number of hydrogen-bond acceptors (Lipinski definition) is 7. The first-order chi connectivity index (χ1) is 24.2. The number of carbonyl (C=O) groups is 4. The van der Waals surface area contributed by atoms with Gasteiger partial charge in [0.25, 0.3) is 0 Å². The maximum absolute atomic E-state index is 14.3. The lowest BCUT2D eigenvalue weighted by molar-refractivity contribution is -0.148. The second kappa shape index (κ2) is 18.4. The number of ether oxygens (including phenoxy) is 1. The number of likely N-dealkylation sites (N-methyl/N-ethyl adjacent to an activating group) is 1. The number of carbonyl (C=O) groups excluding carboxylic acids is 4. The highest BCUT2D eigenvalue weighted by molar-refractivity contribution is 5.90. The highest BCUT2D eigenvalue weighted by Crippen LogP contribution is 2.38. The van der Waals surface area contributed by atoms with Gasteiger partial charge in [-0.1, -0.05) is 85.2 Å². The Morgan fingerprint density at radius 2 is 1.65 bits per heavy atom. The summed E-state index contributed by atoms with van der Waals surface area (Å²) in [6.07, 6.45) is 5.16. The van der Waals surface area contributed by atoms with Crippen molar-refractivity contribution in [3.8, 4) is 0 Å². The molecule has 0 aromatic heterocycles. The van der Waals surface area contributed by atoms with Gasteiger partial charge in [-0.3, -0.25) is 19.2 Å². The van der Waals surface area contributed by atoms with Gasteiger partial charge in [-0.25, -0.2) is 0 Å². The van der Waals surface area contributed by atoms with Crippen molar-refractivity contribution in [2.75, 3.05) is 20.7 Å². The van der Waals surface area contributed by atoms with E-state index in [1.807, 2.05) is 70.0 Å². The molecule has 2 aliphatic heterocycles. The van der Waals surface area contributed by atoms with E-state index in [1.54, 1.807) is 12.0 Å². The maximum atomic E-state index is 14.3. The molecule has 286 valence electrons. The van der Waals surface area contributed by atoms with E-state index < -0.39 is 18.1 Å². The summed E-state index contributed by atoms with van der Waals surface area (Å²) in [7, 11) is 3.43. The maximum Gasteiger partial charge on any atom is 0.226 e. The van der Waals surface area contributed by atoms with Crippen LogP contribution in [0.1, 0.15) is 118 Å². The number of methoxy groups -OCH3 is 1. The molecule has 9 nitrogen and oxygen atoms in total. The van der Waals surface area contributed by atoms with E-state index in [0.29, 0.717) is 18.5 Å². The third-order valence-corrected chi connectivity index (χ3v) is 13.1. The summed E-state index contributed by atoms with van der Waals surface area (Å²) in [5.74, 6) is -0.381. The van der Waals surface area contributed by atoms with Gasteiger partial charge in [0, 0.05) is 57.5 Å². The second-order valence-electron chi connectivity index (χ2n) is 16.7. The highest BCUT2D eigenvalue weighted by Gasteiger charge is 2.45. The van der Waals surface area contributed by atoms with Crippen LogP contribution in [0.25, 0.3) is 0 Å². The first-order valence-electron chi connectivity index (χ1n) is 19.8. The van der Waals surface area contributed by atoms with Gasteiger partial charge in [0.2, 0.25) is 11.8 Å². The van der Waals surface area contributed by atoms with Gasteiger partial charge < -0.3 is 25.0 Å². The fourth-order valence-corrected chi connectivity index (χ4v) is 9.32. The first-order valence-corrected chi connectivity index (χ1v) is 19.8. The number of piperidine rings is 1. The van der Waals surface area contributed by atoms with Crippen LogP contribution in [0.5, 0.6) is 0 Å². The van der Waals surface area contributed by atoms with Crippen LogP contribution >= 0.6 is 0 Å². The molecule has 9 heteroatoms. The fraction of sp³-hybridized carbons (Fsp3) is 0.762. The average molecular weight is 710 g/mol. The summed E-state index contributed by atoms with van der Waals surface area (Å²) in [4.78, 5) is 59.1. The van der Waals surface area contributed by atoms with Crippen LogP contribution in [0.15, 0.2) is 30.3 Å². The summed E-state index contributed by atoms with van der Waals surface area (Å²) in [5, 5.41) is 14.4. The van der Waals surface area contributed by atoms with Crippen molar-refractivity contribution >= 4 is 23.4 Å². The van der Waals surface area contributed by atoms with Crippen LogP contribution in [0.2, 0.25) is 0 Å². The van der Waals surface area contributed by atoms with Crippen LogP contribution in [-0.2, 0) is 23.9 Å². The quantitative estimate of drug-likeness (QED) is 0.175. The lowest BCUT2D eigenvalue weighted by atomic mass is 9.81. The number of hydrogen-bond donors (Lipinski definition) is 2. The van der Waals surface area contributed by atoms with Crippen molar-refractivity contribution in [3.05, 3.63) is 35.9 Å². The molecule has 51 heavy (non-hydrogen) atoms. The summed E-state index contributed by atoms with van der Waals surface area (Å²) >= 11 is 0. The van der Waals surface area contributed by atoms with E-state index in [9.17, 15) is 24.3 Å². The number of rotatable bonds is 19. The van der Waals surface area contributed by atoms with Gasteiger partial charge in [-0.15, -0.1) is 0 Å². The minimum Gasteiger partial charge on any atom is -0.388 e. The molecule has 3 fully saturated rings. The number of fused-ring (bicyclic) bond motifs is 2. The zero-order chi connectivity index (χ0) is 37.6. The van der Waals surface area contributed by atoms with Crippen molar-refractivity contribution in [1.29, 1.82) is 0 Å². The van der Waals surface area contributed by atoms with E-state index >= 15 is 0 Å². The van der Waals surface area contributed by atoms with E-state index in [0.717, 1.165) is 44.1 Å². The molecule has 2 saturated heterocycles. The van der Waals surface area contributed by atoms with Crippen LogP contribution in [0.3, 0.4) is 0 Å². The molecule has 4 rings (SSSR count). The van der Waals surface area contributed by atoms with Gasteiger partial charge in [0.15, 0.2) is 5.78 Å². The fourth-order valence-electron chi connectivity index (χ4n) is 9.32. The Morgan fingerprint density at radius 1 is 0.961 bits per heavy atom. The molecule has 1 aromatic rings. The third kappa shape index (κ3) is 9.68. The number of nitrogens with one attached hydrogen (secondary N) is 1. The topological polar surface area (TPSA) is 116 Å². The standard InChI is InChI=1S/C42H67N3O6/c1-10-26(4)40(44(8)42(50)33(25(2)3)23-36(47)39-31-18-19-32(22-31)43-39)37(51-9)24-38(48)45-20-14-17-34(45)28(6)29(7)35(46)21-27(5)41(49)30-15-12-11-13-16-30/h11-13,15-16,25-29,31-34,37,39-41,43,49H,10,14,17-24H2,1-9H3/t26-,27-,28+,29+,31-,32+,33-,34-,37+,39-,40-,41+/m0/s1. The number of ketones is 2. The van der Waals surface area contributed by atoms with E-state index in [2.05, 4.69) is 26.1 Å². The minimum atomic E-state index is -0.715. The smallest absolute Gasteiger partial charge is 0.226 e. The SMILES string of the molecule is CC[C@H](C)[C@@H]([C@@H](CC(=O)N1CCC[C@H]1[C@H](C)[C@@H](C)C(=O)C[C@H](C)[C@@H](O)c1ccccc1)OC)N(C)C(=O)[C@@H](CC(=O)[C@H]1N[C@@H]2CC[C@H]1C2)C(C)C. The number of nitrogens with zero attached hydrogens (tertiary/aromatic N) is 2. The zero-order valence-corrected chi connectivity index (χ0v) is 32.8. The summed E-state index contributed by atoms with van der Waals surface area (Å²) in [6.45, 7) is 14.8. The predicted octanol–water partition coefficient (Wildman–Crippen LogP) is 6.23. The second-order valence-corrected chi connectivity index (χ2v) is 16.7. The normalized spacial score (nSPS) is 26.3. The highest BCUT2D eigenvalue weighted by atomic mass is 16.5. The van der Waals surface area contributed by atoms with Crippen molar-refractivity contribution in [2.24, 2.45) is 41.4 Å². The molecule has 2 amide bonds. The molecule has 2 bridgehead atoms. The zero-order valence-electron chi connectivity index (χ0n) is 32.8. The van der Waals surface area contributed by atoms with Crippen molar-refractivity contribution < 1.29 is 29.0 Å². The molecule has 1 saturated carbocycles. The van der Waals surface area contributed by atoms with E-state index in [1.165, 1.54) is 0 Å². The number of aliphatic hydroxyl groups is 1. The summed E-state index contributed by atoms with van der Waals surface area (Å²) in [6, 6.07) is 9.33. The van der Waals surface area contributed by atoms with Crippen LogP contribution < -0.4 is 5.32 Å². The van der Waals surface area contributed by atoms with Gasteiger partial charge >= 0.3 is 0 Å². The molecule has 0 radical (unpaired) electrons. The van der Waals surface area contributed by atoms with Gasteiger partial charge in [-0.05, 0) is 67.3 Å². The Kier molecular flexibility index (Phi) is 14.9. The molecule has 12 atom stereocenters. The van der Waals surface area contributed by atoms with E-state index in [4.69, 9.17) is 4.74 Å². The molecule has 3 aliphatic rings. The number of likely N-dealkylation sites (tertiary alicyclic amines) is 1. The Morgan fingerprint density at radius 3 is 2.22 bits per heavy atom. The number of amides is 2. The van der Waals surface area contributed by atoms with Gasteiger partial charge in [0.05, 0.1) is 30.7 Å². The number of benzene rings is 1. The molecule has 2 N–H and O–H groups in total. The predicted molar refractivity (Wildman–Crippen MR) is 201 cm³/mol. The van der Waals surface area contributed by atoms with Gasteiger partial charge in [0.1, 0.15) is 5.78 Å². The molecule has 1 aliphatic carbocycles. The summed E-state index contributed by atoms with van der Waals surface area (Å²) < 4.78 is 6.06. The third-order valence-electron chi connectivity index (χ3n) is 13.1. The van der Waals surface area contributed by atoms with Crippen molar-refractivity contribution in [1.82, 2.24) is 15.1 Å². The molecule has 0 unspecified atom stereocenters. The molecular formula is C42H67N3O6. The molecule has 2 heterocycles. The van der Waals surface area contributed by atoms with Crippen LogP contribution in [0.4, 0.5) is 0 Å². The molecular weight excluding hydrogens is 642 g/mol. The van der Waals surface area contributed by atoms with Crippen molar-refractivity contribution in [2.45, 2.75) is 143 Å². The molecule has 1 aromatic carbocycles. The Labute approximate surface area is 307 Å². The Bertz CT molecular complexity index is 1320. The Hall–Kier alpha value is -2.62. The lowest BCUT2D eigenvalue weighted by Gasteiger charge is -2.41. The average Bonchev–Trinajstić information content (AvgIpc) is 3.90. The number of Topliss-reactive ketones (excluding diaryl/α,β-unsaturated/α-hetero) is 2. The summed E-state index contributed by atoms with van der Waals surface area (Å²) in [5.41, 5.74) is 0.808. The Balaban J connectivity index is 1.41.